The third-order valence-electron chi connectivity index (χ3n) is 2.61. The summed E-state index contributed by atoms with van der Waals surface area (Å²) in [6.07, 6.45) is 6.08. The van der Waals surface area contributed by atoms with Gasteiger partial charge in [0.1, 0.15) is 5.78 Å². The molecule has 0 radical (unpaired) electrons. The smallest absolute Gasteiger partial charge is 0.136 e. The van der Waals surface area contributed by atoms with Crippen molar-refractivity contribution in [3.63, 3.8) is 0 Å². The minimum Gasteiger partial charge on any atom is -0.299 e. The lowest BCUT2D eigenvalue weighted by atomic mass is 9.80. The zero-order valence-corrected chi connectivity index (χ0v) is 7.18. The second kappa shape index (κ2) is 3.70. The van der Waals surface area contributed by atoms with Crippen molar-refractivity contribution in [1.29, 1.82) is 0 Å². The van der Waals surface area contributed by atoms with Crippen LogP contribution in [0.5, 0.6) is 0 Å². The van der Waals surface area contributed by atoms with E-state index in [9.17, 15) is 4.79 Å². The van der Waals surface area contributed by atoms with E-state index in [0.29, 0.717) is 11.7 Å². The van der Waals surface area contributed by atoms with Gasteiger partial charge in [-0.05, 0) is 18.8 Å². The summed E-state index contributed by atoms with van der Waals surface area (Å²) in [4.78, 5) is 11.3. The molecule has 1 heteroatoms. The fourth-order valence-corrected chi connectivity index (χ4v) is 1.73. The summed E-state index contributed by atoms with van der Waals surface area (Å²) < 4.78 is 0. The van der Waals surface area contributed by atoms with Crippen LogP contribution in [0.15, 0.2) is 12.7 Å². The number of carbonyl (C=O) groups is 1. The molecule has 0 amide bonds. The van der Waals surface area contributed by atoms with E-state index in [0.717, 1.165) is 19.3 Å². The van der Waals surface area contributed by atoms with Crippen LogP contribution < -0.4 is 0 Å². The quantitative estimate of drug-likeness (QED) is 0.556. The van der Waals surface area contributed by atoms with Gasteiger partial charge in [-0.1, -0.05) is 19.4 Å². The number of hydrogen-bond acceptors (Lipinski definition) is 1. The maximum Gasteiger partial charge on any atom is 0.136 e. The first kappa shape index (κ1) is 8.51. The van der Waals surface area contributed by atoms with E-state index >= 15 is 0 Å². The van der Waals surface area contributed by atoms with Gasteiger partial charge in [0.2, 0.25) is 0 Å². The molecular formula is C10H16O. The van der Waals surface area contributed by atoms with Crippen LogP contribution in [-0.2, 0) is 4.79 Å². The van der Waals surface area contributed by atoms with Crippen LogP contribution in [0, 0.1) is 11.8 Å². The molecule has 0 saturated heterocycles. The Kier molecular flexibility index (Phi) is 2.86. The summed E-state index contributed by atoms with van der Waals surface area (Å²) in [6, 6.07) is 0. The van der Waals surface area contributed by atoms with Gasteiger partial charge in [0.05, 0.1) is 0 Å². The van der Waals surface area contributed by atoms with Crippen molar-refractivity contribution < 1.29 is 4.79 Å². The first-order chi connectivity index (χ1) is 5.25. The van der Waals surface area contributed by atoms with Crippen LogP contribution in [0.1, 0.15) is 32.6 Å². The number of rotatable bonds is 2. The molecule has 0 aromatic rings. The molecule has 0 aromatic heterocycles. The summed E-state index contributed by atoms with van der Waals surface area (Å²) >= 11 is 0. The fraction of sp³-hybridized carbons (Fsp3) is 0.700. The summed E-state index contributed by atoms with van der Waals surface area (Å²) in [5.74, 6) is 1.10. The van der Waals surface area contributed by atoms with E-state index in [1.807, 2.05) is 6.08 Å². The number of Topliss-reactive ketones (excluding diaryl/α,β-unsaturated/α-hetero) is 1. The van der Waals surface area contributed by atoms with E-state index in [-0.39, 0.29) is 5.92 Å². The molecule has 2 atom stereocenters. The topological polar surface area (TPSA) is 17.1 Å². The normalized spacial score (nSPS) is 28.1. The Morgan fingerprint density at radius 2 is 2.36 bits per heavy atom. The second-order valence-corrected chi connectivity index (χ2v) is 3.41. The molecule has 0 aromatic carbocycles. The van der Waals surface area contributed by atoms with Gasteiger partial charge in [-0.25, -0.2) is 0 Å². The lowest BCUT2D eigenvalue weighted by molar-refractivity contribution is -0.125. The predicted octanol–water partition coefficient (Wildman–Crippen LogP) is 2.57. The Balaban J connectivity index is 2.53. The number of ketones is 1. The molecule has 0 N–H and O–H groups in total. The molecule has 0 unspecified atom stereocenters. The largest absolute Gasteiger partial charge is 0.299 e. The zero-order valence-electron chi connectivity index (χ0n) is 7.18. The van der Waals surface area contributed by atoms with Crippen LogP contribution >= 0.6 is 0 Å². The molecule has 1 fully saturated rings. The third kappa shape index (κ3) is 1.92. The first-order valence-electron chi connectivity index (χ1n) is 4.41. The highest BCUT2D eigenvalue weighted by Gasteiger charge is 2.25. The van der Waals surface area contributed by atoms with Crippen molar-refractivity contribution in [1.82, 2.24) is 0 Å². The molecule has 62 valence electrons. The molecular weight excluding hydrogens is 136 g/mol. The highest BCUT2D eigenvalue weighted by atomic mass is 16.1. The van der Waals surface area contributed by atoms with Gasteiger partial charge < -0.3 is 0 Å². The average molecular weight is 152 g/mol. The predicted molar refractivity (Wildman–Crippen MR) is 46.3 cm³/mol. The van der Waals surface area contributed by atoms with Gasteiger partial charge in [-0.3, -0.25) is 4.79 Å². The van der Waals surface area contributed by atoms with Crippen molar-refractivity contribution in [3.8, 4) is 0 Å². The molecule has 1 saturated carbocycles. The monoisotopic (exact) mass is 152 g/mol. The number of allylic oxidation sites excluding steroid dienone is 1. The van der Waals surface area contributed by atoms with Crippen LogP contribution in [0.4, 0.5) is 0 Å². The number of carbonyl (C=O) groups excluding carboxylic acids is 1. The first-order valence-corrected chi connectivity index (χ1v) is 4.41. The molecule has 0 bridgehead atoms. The Morgan fingerprint density at radius 1 is 1.64 bits per heavy atom. The summed E-state index contributed by atoms with van der Waals surface area (Å²) in [5, 5.41) is 0. The van der Waals surface area contributed by atoms with E-state index in [4.69, 9.17) is 0 Å². The van der Waals surface area contributed by atoms with Crippen molar-refractivity contribution in [2.75, 3.05) is 0 Å². The van der Waals surface area contributed by atoms with E-state index in [1.54, 1.807) is 0 Å². The van der Waals surface area contributed by atoms with Gasteiger partial charge in [0.15, 0.2) is 0 Å². The van der Waals surface area contributed by atoms with Crippen LogP contribution in [0.3, 0.4) is 0 Å². The molecule has 1 aliphatic rings. The highest BCUT2D eigenvalue weighted by molar-refractivity contribution is 5.82. The van der Waals surface area contributed by atoms with Gasteiger partial charge in [0, 0.05) is 12.3 Å². The lowest BCUT2D eigenvalue weighted by Crippen LogP contribution is -2.24. The van der Waals surface area contributed by atoms with Crippen molar-refractivity contribution in [3.05, 3.63) is 12.7 Å². The van der Waals surface area contributed by atoms with Crippen LogP contribution in [0.25, 0.3) is 0 Å². The Morgan fingerprint density at radius 3 is 2.91 bits per heavy atom. The third-order valence-corrected chi connectivity index (χ3v) is 2.61. The van der Waals surface area contributed by atoms with Crippen molar-refractivity contribution in [2.24, 2.45) is 11.8 Å². The molecule has 11 heavy (non-hydrogen) atoms. The zero-order chi connectivity index (χ0) is 8.27. The van der Waals surface area contributed by atoms with E-state index < -0.39 is 0 Å². The number of hydrogen-bond donors (Lipinski definition) is 0. The summed E-state index contributed by atoms with van der Waals surface area (Å²) in [6.45, 7) is 5.80. The second-order valence-electron chi connectivity index (χ2n) is 3.41. The fourth-order valence-electron chi connectivity index (χ4n) is 1.73. The highest BCUT2D eigenvalue weighted by Crippen LogP contribution is 2.27. The maximum absolute atomic E-state index is 11.3. The van der Waals surface area contributed by atoms with Crippen LogP contribution in [-0.4, -0.2) is 5.78 Å². The van der Waals surface area contributed by atoms with Crippen molar-refractivity contribution in [2.45, 2.75) is 32.6 Å². The van der Waals surface area contributed by atoms with E-state index in [1.165, 1.54) is 6.42 Å². The summed E-state index contributed by atoms with van der Waals surface area (Å²) in [5.41, 5.74) is 0. The molecule has 1 aliphatic carbocycles. The van der Waals surface area contributed by atoms with Gasteiger partial charge in [-0.2, -0.15) is 0 Å². The van der Waals surface area contributed by atoms with Crippen LogP contribution in [0.2, 0.25) is 0 Å². The van der Waals surface area contributed by atoms with E-state index in [2.05, 4.69) is 13.5 Å². The molecule has 1 nitrogen and oxygen atoms in total. The molecule has 0 heterocycles. The Bertz CT molecular complexity index is 160. The molecule has 1 rings (SSSR count). The Labute approximate surface area is 68.5 Å². The van der Waals surface area contributed by atoms with Gasteiger partial charge in [0.25, 0.3) is 0 Å². The standard InChI is InChI=1S/C10H16O/c1-3-8(2)9-6-4-5-7-10(9)11/h3,8-9H,1,4-7H2,2H3/t8-,9-/m1/s1. The minimum absolute atomic E-state index is 0.279. The SMILES string of the molecule is C=C[C@@H](C)[C@H]1CCCCC1=O. The van der Waals surface area contributed by atoms with Crippen molar-refractivity contribution >= 4 is 5.78 Å². The Hall–Kier alpha value is -0.590. The maximum atomic E-state index is 11.3. The van der Waals surface area contributed by atoms with Gasteiger partial charge >= 0.3 is 0 Å². The minimum atomic E-state index is 0.279. The molecule has 0 spiro atoms. The van der Waals surface area contributed by atoms with Gasteiger partial charge in [-0.15, -0.1) is 6.58 Å². The molecule has 0 aliphatic heterocycles. The summed E-state index contributed by atoms with van der Waals surface area (Å²) in [7, 11) is 0. The lowest BCUT2D eigenvalue weighted by Gasteiger charge is -2.23. The average Bonchev–Trinajstić information content (AvgIpc) is 2.04.